The van der Waals surface area contributed by atoms with Gasteiger partial charge in [0.1, 0.15) is 5.76 Å². The highest BCUT2D eigenvalue weighted by molar-refractivity contribution is 6.01. The van der Waals surface area contributed by atoms with Crippen molar-refractivity contribution in [3.8, 4) is 0 Å². The molecule has 29 heavy (non-hydrogen) atoms. The molecule has 150 valence electrons. The van der Waals surface area contributed by atoms with Crippen molar-refractivity contribution in [2.24, 2.45) is 0 Å². The van der Waals surface area contributed by atoms with E-state index in [0.29, 0.717) is 17.0 Å². The molecule has 0 unspecified atom stereocenters. The third-order valence-electron chi connectivity index (χ3n) is 3.89. The Bertz CT molecular complexity index is 1050. The van der Waals surface area contributed by atoms with Crippen LogP contribution in [0.4, 0.5) is 18.9 Å². The number of carbonyl (C=O) groups excluding carboxylic acids is 2. The van der Waals surface area contributed by atoms with Crippen molar-refractivity contribution in [3.63, 3.8) is 0 Å². The number of nitrogens with zero attached hydrogens (tertiary/aromatic N) is 2. The molecule has 0 aliphatic heterocycles. The molecule has 1 aromatic carbocycles. The molecule has 0 saturated carbocycles. The Balaban J connectivity index is 1.57. The predicted molar refractivity (Wildman–Crippen MR) is 99.1 cm³/mol. The summed E-state index contributed by atoms with van der Waals surface area (Å²) < 4.78 is 44.5. The normalized spacial score (nSPS) is 11.7. The zero-order chi connectivity index (χ0) is 21.0. The maximum Gasteiger partial charge on any atom is 0.416 e. The van der Waals surface area contributed by atoms with Gasteiger partial charge in [-0.25, -0.2) is 0 Å². The minimum absolute atomic E-state index is 0.176. The number of halogens is 3. The van der Waals surface area contributed by atoms with Gasteiger partial charge in [0.25, 0.3) is 0 Å². The summed E-state index contributed by atoms with van der Waals surface area (Å²) in [6, 6.07) is 7.72. The summed E-state index contributed by atoms with van der Waals surface area (Å²) in [6.45, 7) is 1.69. The molecule has 0 bridgehead atoms. The molecule has 1 N–H and O–H groups in total. The third-order valence-corrected chi connectivity index (χ3v) is 3.89. The molecular weight excluding hydrogens is 387 g/mol. The molecule has 2 aromatic heterocycles. The number of anilines is 1. The van der Waals surface area contributed by atoms with Gasteiger partial charge < -0.3 is 9.73 Å². The standard InChI is InChI=1S/C20H16F3N3O3/c1-13(27)18-8-7-17(29-18)12-26-11-16(10-24-26)25-19(28)9-4-14-2-5-15(6-3-14)20(21,22)23/h2-11H,12H2,1H3,(H,25,28)/b9-4-. The first-order chi connectivity index (χ1) is 13.7. The maximum absolute atomic E-state index is 12.5. The van der Waals surface area contributed by atoms with E-state index < -0.39 is 17.6 Å². The number of benzene rings is 1. The predicted octanol–water partition coefficient (Wildman–Crippen LogP) is 4.40. The third kappa shape index (κ3) is 5.44. The van der Waals surface area contributed by atoms with E-state index in [9.17, 15) is 22.8 Å². The van der Waals surface area contributed by atoms with E-state index in [-0.39, 0.29) is 18.1 Å². The van der Waals surface area contributed by atoms with Crippen LogP contribution in [-0.2, 0) is 17.5 Å². The Morgan fingerprint density at radius 1 is 1.17 bits per heavy atom. The van der Waals surface area contributed by atoms with Crippen LogP contribution in [-0.4, -0.2) is 21.5 Å². The van der Waals surface area contributed by atoms with Gasteiger partial charge in [-0.1, -0.05) is 12.1 Å². The Morgan fingerprint density at radius 3 is 2.52 bits per heavy atom. The fourth-order valence-electron chi connectivity index (χ4n) is 2.47. The first kappa shape index (κ1) is 20.1. The highest BCUT2D eigenvalue weighted by Crippen LogP contribution is 2.29. The molecule has 0 radical (unpaired) electrons. The summed E-state index contributed by atoms with van der Waals surface area (Å²) in [5, 5.41) is 6.70. The summed E-state index contributed by atoms with van der Waals surface area (Å²) in [4.78, 5) is 23.2. The monoisotopic (exact) mass is 403 g/mol. The van der Waals surface area contributed by atoms with Crippen molar-refractivity contribution < 1.29 is 27.2 Å². The number of carbonyl (C=O) groups is 2. The second-order valence-electron chi connectivity index (χ2n) is 6.19. The molecule has 0 aliphatic carbocycles. The number of Topliss-reactive ketones (excluding diaryl/α,β-unsaturated/α-hetero) is 1. The van der Waals surface area contributed by atoms with E-state index in [1.165, 1.54) is 42.1 Å². The minimum Gasteiger partial charge on any atom is -0.456 e. The summed E-state index contributed by atoms with van der Waals surface area (Å²) in [6.07, 6.45) is 1.25. The second-order valence-corrected chi connectivity index (χ2v) is 6.19. The fourth-order valence-corrected chi connectivity index (χ4v) is 2.47. The SMILES string of the molecule is CC(=O)c1ccc(Cn2cc(NC(=O)/C=C\c3ccc(C(F)(F)F)cc3)cn2)o1. The van der Waals surface area contributed by atoms with Gasteiger partial charge >= 0.3 is 6.18 Å². The number of rotatable bonds is 6. The van der Waals surface area contributed by atoms with Crippen molar-refractivity contribution >= 4 is 23.5 Å². The molecule has 0 aliphatic rings. The van der Waals surface area contributed by atoms with Gasteiger partial charge in [-0.3, -0.25) is 14.3 Å². The van der Waals surface area contributed by atoms with Crippen LogP contribution in [0.25, 0.3) is 6.08 Å². The number of amides is 1. The smallest absolute Gasteiger partial charge is 0.416 e. The summed E-state index contributed by atoms with van der Waals surface area (Å²) >= 11 is 0. The highest BCUT2D eigenvalue weighted by atomic mass is 19.4. The number of alkyl halides is 3. The lowest BCUT2D eigenvalue weighted by Gasteiger charge is -2.05. The molecule has 6 nitrogen and oxygen atoms in total. The topological polar surface area (TPSA) is 77.1 Å². The lowest BCUT2D eigenvalue weighted by molar-refractivity contribution is -0.137. The lowest BCUT2D eigenvalue weighted by atomic mass is 10.1. The van der Waals surface area contributed by atoms with E-state index in [4.69, 9.17) is 4.42 Å². The van der Waals surface area contributed by atoms with Gasteiger partial charge in [-0.15, -0.1) is 0 Å². The van der Waals surface area contributed by atoms with Crippen molar-refractivity contribution in [3.05, 3.63) is 77.5 Å². The number of aromatic nitrogens is 2. The van der Waals surface area contributed by atoms with Crippen LogP contribution >= 0.6 is 0 Å². The van der Waals surface area contributed by atoms with Gasteiger partial charge in [-0.05, 0) is 35.9 Å². The van der Waals surface area contributed by atoms with Crippen LogP contribution in [0.5, 0.6) is 0 Å². The number of furan rings is 1. The number of nitrogens with one attached hydrogen (secondary N) is 1. The molecular formula is C20H16F3N3O3. The van der Waals surface area contributed by atoms with Crippen LogP contribution in [0.15, 0.2) is 59.3 Å². The van der Waals surface area contributed by atoms with Gasteiger partial charge in [0, 0.05) is 19.2 Å². The molecule has 3 rings (SSSR count). The van der Waals surface area contributed by atoms with Gasteiger partial charge in [-0.2, -0.15) is 18.3 Å². The zero-order valence-electron chi connectivity index (χ0n) is 15.2. The zero-order valence-corrected chi connectivity index (χ0v) is 15.2. The number of hydrogen-bond acceptors (Lipinski definition) is 4. The quantitative estimate of drug-likeness (QED) is 0.489. The van der Waals surface area contributed by atoms with Gasteiger partial charge in [0.15, 0.2) is 11.5 Å². The summed E-state index contributed by atoms with van der Waals surface area (Å²) in [5.41, 5.74) is 0.145. The summed E-state index contributed by atoms with van der Waals surface area (Å²) in [7, 11) is 0. The Labute approximate surface area is 163 Å². The average Bonchev–Trinajstić information content (AvgIpc) is 3.30. The first-order valence-corrected chi connectivity index (χ1v) is 8.49. The number of hydrogen-bond donors (Lipinski definition) is 1. The van der Waals surface area contributed by atoms with Crippen LogP contribution in [0.3, 0.4) is 0 Å². The highest BCUT2D eigenvalue weighted by Gasteiger charge is 2.29. The molecule has 0 atom stereocenters. The minimum atomic E-state index is -4.40. The second kappa shape index (κ2) is 8.17. The van der Waals surface area contributed by atoms with Crippen molar-refractivity contribution in [2.45, 2.75) is 19.6 Å². The molecule has 0 saturated heterocycles. The Morgan fingerprint density at radius 2 is 1.90 bits per heavy atom. The van der Waals surface area contributed by atoms with Crippen molar-refractivity contribution in [2.75, 3.05) is 5.32 Å². The van der Waals surface area contributed by atoms with E-state index in [0.717, 1.165) is 12.1 Å². The van der Waals surface area contributed by atoms with Crippen LogP contribution in [0.2, 0.25) is 0 Å². The number of ketones is 1. The van der Waals surface area contributed by atoms with E-state index in [1.54, 1.807) is 18.3 Å². The molecule has 0 spiro atoms. The Kier molecular flexibility index (Phi) is 5.67. The Hall–Kier alpha value is -3.62. The van der Waals surface area contributed by atoms with Gasteiger partial charge in [0.05, 0.1) is 24.0 Å². The van der Waals surface area contributed by atoms with E-state index in [1.807, 2.05) is 0 Å². The molecule has 0 fully saturated rings. The fraction of sp³-hybridized carbons (Fsp3) is 0.150. The largest absolute Gasteiger partial charge is 0.456 e. The van der Waals surface area contributed by atoms with Crippen LogP contribution < -0.4 is 5.32 Å². The van der Waals surface area contributed by atoms with Crippen molar-refractivity contribution in [1.82, 2.24) is 9.78 Å². The van der Waals surface area contributed by atoms with Crippen LogP contribution in [0.1, 0.15) is 34.4 Å². The summed E-state index contributed by atoms with van der Waals surface area (Å²) in [5.74, 6) is 0.165. The van der Waals surface area contributed by atoms with Gasteiger partial charge in [0.2, 0.25) is 5.91 Å². The average molecular weight is 403 g/mol. The maximum atomic E-state index is 12.5. The molecule has 9 heteroatoms. The lowest BCUT2D eigenvalue weighted by Crippen LogP contribution is -2.07. The van der Waals surface area contributed by atoms with Crippen LogP contribution in [0, 0.1) is 0 Å². The van der Waals surface area contributed by atoms with E-state index in [2.05, 4.69) is 10.4 Å². The van der Waals surface area contributed by atoms with E-state index >= 15 is 0 Å². The first-order valence-electron chi connectivity index (χ1n) is 8.49. The van der Waals surface area contributed by atoms with Crippen molar-refractivity contribution in [1.29, 1.82) is 0 Å². The molecule has 2 heterocycles. The molecule has 3 aromatic rings. The molecule has 1 amide bonds.